The van der Waals surface area contributed by atoms with Gasteiger partial charge in [0.15, 0.2) is 5.37 Å². The summed E-state index contributed by atoms with van der Waals surface area (Å²) in [6.45, 7) is -0.642. The Morgan fingerprint density at radius 3 is 2.00 bits per heavy atom. The average Bonchev–Trinajstić information content (AvgIpc) is 2.13. The summed E-state index contributed by atoms with van der Waals surface area (Å²) in [5.74, 6) is 0. The van der Waals surface area contributed by atoms with Crippen molar-refractivity contribution in [3.63, 3.8) is 0 Å². The molecule has 90 valence electrons. The summed E-state index contributed by atoms with van der Waals surface area (Å²) in [7, 11) is -4.62. The van der Waals surface area contributed by atoms with Gasteiger partial charge in [0, 0.05) is 0 Å². The Kier molecular flexibility index (Phi) is 3.66. The molecule has 5 atom stereocenters. The number of aliphatic hydroxyl groups is 4. The van der Waals surface area contributed by atoms with E-state index in [4.69, 9.17) is 9.66 Å². The SMILES string of the molecule is O=S(=O)(O)[C@@H]1N[C@@H](CO)[C@H](O)[C@H](O)[C@H]1O. The van der Waals surface area contributed by atoms with Gasteiger partial charge in [0.2, 0.25) is 0 Å². The third-order valence-corrected chi connectivity index (χ3v) is 3.37. The van der Waals surface area contributed by atoms with E-state index < -0.39 is 46.5 Å². The zero-order valence-electron chi connectivity index (χ0n) is 7.55. The molecule has 1 heterocycles. The zero-order valence-corrected chi connectivity index (χ0v) is 8.37. The fourth-order valence-corrected chi connectivity index (χ4v) is 2.31. The van der Waals surface area contributed by atoms with Crippen LogP contribution >= 0.6 is 0 Å². The lowest BCUT2D eigenvalue weighted by Crippen LogP contribution is -2.67. The summed E-state index contributed by atoms with van der Waals surface area (Å²) in [6.07, 6.45) is -5.13. The number of hydrogen-bond acceptors (Lipinski definition) is 7. The first-order chi connectivity index (χ1) is 6.79. The van der Waals surface area contributed by atoms with Crippen LogP contribution in [0, 0.1) is 0 Å². The van der Waals surface area contributed by atoms with E-state index in [1.807, 2.05) is 0 Å². The lowest BCUT2D eigenvalue weighted by molar-refractivity contribution is -0.108. The van der Waals surface area contributed by atoms with Crippen molar-refractivity contribution in [3.8, 4) is 0 Å². The van der Waals surface area contributed by atoms with E-state index in [-0.39, 0.29) is 0 Å². The van der Waals surface area contributed by atoms with Crippen molar-refractivity contribution in [2.45, 2.75) is 29.7 Å². The van der Waals surface area contributed by atoms with Gasteiger partial charge in [0.05, 0.1) is 12.6 Å². The lowest BCUT2D eigenvalue weighted by atomic mass is 9.96. The topological polar surface area (TPSA) is 147 Å². The van der Waals surface area contributed by atoms with Crippen molar-refractivity contribution in [2.24, 2.45) is 0 Å². The van der Waals surface area contributed by atoms with Gasteiger partial charge in [-0.1, -0.05) is 0 Å². The number of rotatable bonds is 2. The van der Waals surface area contributed by atoms with Gasteiger partial charge in [0.1, 0.15) is 18.3 Å². The molecular formula is C6H13NO7S. The molecular weight excluding hydrogens is 230 g/mol. The van der Waals surface area contributed by atoms with E-state index >= 15 is 0 Å². The van der Waals surface area contributed by atoms with Crippen LogP contribution in [0.2, 0.25) is 0 Å². The van der Waals surface area contributed by atoms with Crippen LogP contribution in [0.4, 0.5) is 0 Å². The van der Waals surface area contributed by atoms with E-state index in [1.165, 1.54) is 0 Å². The molecule has 1 saturated heterocycles. The Bertz CT molecular complexity index is 315. The molecule has 0 bridgehead atoms. The first-order valence-electron chi connectivity index (χ1n) is 4.16. The van der Waals surface area contributed by atoms with Gasteiger partial charge in [-0.15, -0.1) is 0 Å². The van der Waals surface area contributed by atoms with E-state index in [1.54, 1.807) is 0 Å². The molecule has 1 aliphatic rings. The molecule has 0 aromatic heterocycles. The van der Waals surface area contributed by atoms with E-state index in [0.717, 1.165) is 0 Å². The van der Waals surface area contributed by atoms with Crippen LogP contribution in [0.3, 0.4) is 0 Å². The van der Waals surface area contributed by atoms with Crippen LogP contribution in [-0.2, 0) is 10.1 Å². The standard InChI is InChI=1S/C6H13NO7S/c8-1-2-3(9)4(10)5(11)6(7-2)15(12,13)14/h2-11H,1H2,(H,12,13,14)/t2-,3-,4-,5+,6-/m0/s1. The summed E-state index contributed by atoms with van der Waals surface area (Å²) in [4.78, 5) is 0. The Hall–Kier alpha value is -0.290. The van der Waals surface area contributed by atoms with Crippen molar-refractivity contribution < 1.29 is 33.4 Å². The van der Waals surface area contributed by atoms with Crippen molar-refractivity contribution in [1.82, 2.24) is 5.32 Å². The monoisotopic (exact) mass is 243 g/mol. The molecule has 9 heteroatoms. The average molecular weight is 243 g/mol. The molecule has 0 aromatic carbocycles. The maximum atomic E-state index is 10.8. The molecule has 1 aliphatic heterocycles. The molecule has 0 aliphatic carbocycles. The predicted molar refractivity (Wildman–Crippen MR) is 47.4 cm³/mol. The first kappa shape index (κ1) is 12.8. The van der Waals surface area contributed by atoms with Gasteiger partial charge in [-0.05, 0) is 0 Å². The second-order valence-corrected chi connectivity index (χ2v) is 4.90. The largest absolute Gasteiger partial charge is 0.395 e. The minimum absolute atomic E-state index is 0.642. The summed E-state index contributed by atoms with van der Waals surface area (Å²) in [5, 5.41) is 36.9. The highest BCUT2D eigenvalue weighted by atomic mass is 32.2. The molecule has 0 saturated carbocycles. The van der Waals surface area contributed by atoms with Crippen LogP contribution in [-0.4, -0.2) is 69.7 Å². The second-order valence-electron chi connectivity index (χ2n) is 3.36. The molecule has 8 nitrogen and oxygen atoms in total. The van der Waals surface area contributed by atoms with E-state index in [9.17, 15) is 23.7 Å². The number of nitrogens with one attached hydrogen (secondary N) is 1. The van der Waals surface area contributed by atoms with Crippen LogP contribution in [0.25, 0.3) is 0 Å². The van der Waals surface area contributed by atoms with Gasteiger partial charge in [0.25, 0.3) is 10.1 Å². The quantitative estimate of drug-likeness (QED) is 0.271. The smallest absolute Gasteiger partial charge is 0.283 e. The van der Waals surface area contributed by atoms with Crippen molar-refractivity contribution >= 4 is 10.1 Å². The molecule has 6 N–H and O–H groups in total. The van der Waals surface area contributed by atoms with Gasteiger partial charge in [-0.3, -0.25) is 9.87 Å². The minimum atomic E-state index is -4.62. The highest BCUT2D eigenvalue weighted by Crippen LogP contribution is 2.18. The molecule has 1 rings (SSSR count). The van der Waals surface area contributed by atoms with Gasteiger partial charge in [-0.2, -0.15) is 8.42 Å². The Balaban J connectivity index is 2.93. The zero-order chi connectivity index (χ0) is 11.8. The summed E-state index contributed by atoms with van der Waals surface area (Å²) in [5.41, 5.74) is 0. The Morgan fingerprint density at radius 2 is 1.60 bits per heavy atom. The molecule has 0 aromatic rings. The van der Waals surface area contributed by atoms with E-state index in [2.05, 4.69) is 5.32 Å². The van der Waals surface area contributed by atoms with Crippen molar-refractivity contribution in [3.05, 3.63) is 0 Å². The number of aliphatic hydroxyl groups excluding tert-OH is 4. The van der Waals surface area contributed by atoms with Gasteiger partial charge < -0.3 is 20.4 Å². The maximum absolute atomic E-state index is 10.8. The Morgan fingerprint density at radius 1 is 1.07 bits per heavy atom. The molecule has 0 radical (unpaired) electrons. The van der Waals surface area contributed by atoms with Gasteiger partial charge in [-0.25, -0.2) is 0 Å². The first-order valence-corrected chi connectivity index (χ1v) is 5.66. The van der Waals surface area contributed by atoms with Crippen molar-refractivity contribution in [1.29, 1.82) is 0 Å². The fourth-order valence-electron chi connectivity index (χ4n) is 1.45. The summed E-state index contributed by atoms with van der Waals surface area (Å²) in [6, 6.07) is -1.13. The summed E-state index contributed by atoms with van der Waals surface area (Å²) >= 11 is 0. The van der Waals surface area contributed by atoms with Crippen LogP contribution in [0.1, 0.15) is 0 Å². The third-order valence-electron chi connectivity index (χ3n) is 2.32. The van der Waals surface area contributed by atoms with Gasteiger partial charge >= 0.3 is 0 Å². The molecule has 0 unspecified atom stereocenters. The second kappa shape index (κ2) is 4.29. The number of piperidine rings is 1. The fraction of sp³-hybridized carbons (Fsp3) is 1.00. The molecule has 1 fully saturated rings. The lowest BCUT2D eigenvalue weighted by Gasteiger charge is -2.39. The highest BCUT2D eigenvalue weighted by Gasteiger charge is 2.47. The van der Waals surface area contributed by atoms with Crippen LogP contribution in [0.15, 0.2) is 0 Å². The highest BCUT2D eigenvalue weighted by molar-refractivity contribution is 7.86. The third kappa shape index (κ3) is 2.45. The van der Waals surface area contributed by atoms with E-state index in [0.29, 0.717) is 0 Å². The normalized spacial score (nSPS) is 42.9. The molecule has 15 heavy (non-hydrogen) atoms. The molecule has 0 spiro atoms. The molecule has 0 amide bonds. The number of hydrogen-bond donors (Lipinski definition) is 6. The van der Waals surface area contributed by atoms with Crippen LogP contribution in [0.5, 0.6) is 0 Å². The Labute approximate surface area is 85.9 Å². The summed E-state index contributed by atoms with van der Waals surface area (Å²) < 4.78 is 30.2. The van der Waals surface area contributed by atoms with Crippen molar-refractivity contribution in [2.75, 3.05) is 6.61 Å². The minimum Gasteiger partial charge on any atom is -0.395 e. The maximum Gasteiger partial charge on any atom is 0.283 e. The van der Waals surface area contributed by atoms with Crippen LogP contribution < -0.4 is 5.32 Å². The predicted octanol–water partition coefficient (Wildman–Crippen LogP) is -3.75.